The number of pyridine rings is 1. The molecule has 2 aromatic heterocycles. The molecule has 1 N–H and O–H groups in total. The highest BCUT2D eigenvalue weighted by atomic mass is 35.5. The van der Waals surface area contributed by atoms with Crippen molar-refractivity contribution in [2.75, 3.05) is 0 Å². The molecule has 0 aliphatic carbocycles. The number of rotatable bonds is 1. The van der Waals surface area contributed by atoms with Gasteiger partial charge in [0.15, 0.2) is 4.77 Å². The molecule has 0 aliphatic rings. The molecule has 0 unspecified atom stereocenters. The average Bonchev–Trinajstić information content (AvgIpc) is 2.69. The van der Waals surface area contributed by atoms with Crippen molar-refractivity contribution in [2.45, 2.75) is 6.92 Å². The number of nitrogens with one attached hydrogen (secondary N) is 1. The third kappa shape index (κ3) is 1.74. The van der Waals surface area contributed by atoms with Crippen LogP contribution in [0.3, 0.4) is 0 Å². The predicted molar refractivity (Wildman–Crippen MR) is 76.0 cm³/mol. The normalized spacial score (nSPS) is 11.0. The van der Waals surface area contributed by atoms with Crippen molar-refractivity contribution < 1.29 is 0 Å². The molecule has 1 aromatic carbocycles. The molecule has 0 bridgehead atoms. The molecule has 0 saturated carbocycles. The van der Waals surface area contributed by atoms with E-state index < -0.39 is 0 Å². The summed E-state index contributed by atoms with van der Waals surface area (Å²) in [4.78, 5) is 7.21. The van der Waals surface area contributed by atoms with E-state index in [9.17, 15) is 0 Å². The number of benzene rings is 1. The monoisotopic (exact) mass is 275 g/mol. The Morgan fingerprint density at radius 2 is 2.17 bits per heavy atom. The summed E-state index contributed by atoms with van der Waals surface area (Å²) in [6.45, 7) is 1.98. The highest BCUT2D eigenvalue weighted by Crippen LogP contribution is 2.23. The van der Waals surface area contributed by atoms with Gasteiger partial charge in [-0.15, -0.1) is 0 Å². The van der Waals surface area contributed by atoms with Crippen molar-refractivity contribution in [1.82, 2.24) is 14.5 Å². The van der Waals surface area contributed by atoms with Crippen molar-refractivity contribution in [1.29, 1.82) is 0 Å². The number of halogens is 1. The van der Waals surface area contributed by atoms with Crippen LogP contribution in [0.25, 0.3) is 16.7 Å². The Bertz CT molecular complexity index is 788. The number of aryl methyl sites for hydroxylation is 1. The first kappa shape index (κ1) is 11.4. The number of nitrogens with zero attached hydrogens (tertiary/aromatic N) is 2. The van der Waals surface area contributed by atoms with E-state index in [-0.39, 0.29) is 0 Å². The summed E-state index contributed by atoms with van der Waals surface area (Å²) in [6.07, 6.45) is 3.51. The summed E-state index contributed by atoms with van der Waals surface area (Å²) in [5.41, 5.74) is 3.91. The third-order valence-electron chi connectivity index (χ3n) is 2.90. The van der Waals surface area contributed by atoms with Crippen LogP contribution < -0.4 is 0 Å². The van der Waals surface area contributed by atoms with Gasteiger partial charge >= 0.3 is 0 Å². The zero-order valence-electron chi connectivity index (χ0n) is 9.64. The van der Waals surface area contributed by atoms with Crippen LogP contribution in [0.15, 0.2) is 36.7 Å². The minimum atomic E-state index is 0.637. The molecular formula is C13H10ClN3S. The predicted octanol–water partition coefficient (Wildman–Crippen LogP) is 4.04. The highest BCUT2D eigenvalue weighted by Gasteiger charge is 2.07. The SMILES string of the molecule is Cc1ccc(-n2c(=S)[nH]c3cnccc32)cc1Cl. The lowest BCUT2D eigenvalue weighted by molar-refractivity contribution is 1.06. The summed E-state index contributed by atoms with van der Waals surface area (Å²) in [7, 11) is 0. The lowest BCUT2D eigenvalue weighted by Gasteiger charge is -2.06. The molecule has 0 aliphatic heterocycles. The maximum Gasteiger partial charge on any atom is 0.182 e. The summed E-state index contributed by atoms with van der Waals surface area (Å²) in [5, 5.41) is 0.734. The van der Waals surface area contributed by atoms with Gasteiger partial charge in [0.1, 0.15) is 0 Å². The van der Waals surface area contributed by atoms with Crippen molar-refractivity contribution in [2.24, 2.45) is 0 Å². The van der Waals surface area contributed by atoms with Gasteiger partial charge in [0, 0.05) is 16.9 Å². The van der Waals surface area contributed by atoms with Gasteiger partial charge in [-0.2, -0.15) is 0 Å². The first-order valence-electron chi connectivity index (χ1n) is 5.48. The number of H-pyrrole nitrogens is 1. The fourth-order valence-electron chi connectivity index (χ4n) is 1.94. The molecule has 2 heterocycles. The molecule has 3 aromatic rings. The lowest BCUT2D eigenvalue weighted by atomic mass is 10.2. The number of imidazole rings is 1. The van der Waals surface area contributed by atoms with Gasteiger partial charge in [-0.3, -0.25) is 9.55 Å². The van der Waals surface area contributed by atoms with Crippen molar-refractivity contribution in [3.8, 4) is 5.69 Å². The second-order valence-electron chi connectivity index (χ2n) is 4.09. The van der Waals surface area contributed by atoms with E-state index >= 15 is 0 Å². The Labute approximate surface area is 114 Å². The highest BCUT2D eigenvalue weighted by molar-refractivity contribution is 7.71. The van der Waals surface area contributed by atoms with Crippen LogP contribution in [0.4, 0.5) is 0 Å². The quantitative estimate of drug-likeness (QED) is 0.680. The van der Waals surface area contributed by atoms with Crippen molar-refractivity contribution >= 4 is 34.9 Å². The minimum absolute atomic E-state index is 0.637. The summed E-state index contributed by atoms with van der Waals surface area (Å²) in [6, 6.07) is 7.83. The molecule has 90 valence electrons. The Morgan fingerprint density at radius 1 is 1.33 bits per heavy atom. The minimum Gasteiger partial charge on any atom is -0.329 e. The zero-order chi connectivity index (χ0) is 12.7. The first-order valence-corrected chi connectivity index (χ1v) is 6.27. The van der Waals surface area contributed by atoms with E-state index in [1.54, 1.807) is 12.4 Å². The van der Waals surface area contributed by atoms with Gasteiger partial charge in [-0.05, 0) is 42.9 Å². The summed E-state index contributed by atoms with van der Waals surface area (Å²) in [5.74, 6) is 0. The maximum absolute atomic E-state index is 6.16. The van der Waals surface area contributed by atoms with E-state index in [1.807, 2.05) is 35.8 Å². The second-order valence-corrected chi connectivity index (χ2v) is 4.89. The van der Waals surface area contributed by atoms with Crippen LogP contribution in [-0.4, -0.2) is 14.5 Å². The first-order chi connectivity index (χ1) is 8.66. The third-order valence-corrected chi connectivity index (χ3v) is 3.59. The van der Waals surface area contributed by atoms with Gasteiger partial charge in [0.05, 0.1) is 17.2 Å². The van der Waals surface area contributed by atoms with Gasteiger partial charge in [0.25, 0.3) is 0 Å². The summed E-state index contributed by atoms with van der Waals surface area (Å²) < 4.78 is 2.59. The molecule has 3 rings (SSSR count). The topological polar surface area (TPSA) is 33.6 Å². The molecule has 3 nitrogen and oxygen atoms in total. The zero-order valence-corrected chi connectivity index (χ0v) is 11.2. The Hall–Kier alpha value is -1.65. The van der Waals surface area contributed by atoms with Gasteiger partial charge in [-0.1, -0.05) is 17.7 Å². The van der Waals surface area contributed by atoms with Crippen LogP contribution >= 0.6 is 23.8 Å². The smallest absolute Gasteiger partial charge is 0.182 e. The van der Waals surface area contributed by atoms with Gasteiger partial charge in [-0.25, -0.2) is 0 Å². The second kappa shape index (κ2) is 4.23. The number of hydrogen-bond donors (Lipinski definition) is 1. The van der Waals surface area contributed by atoms with E-state index in [2.05, 4.69) is 9.97 Å². The number of aromatic nitrogens is 3. The Balaban J connectivity index is 2.34. The van der Waals surface area contributed by atoms with Gasteiger partial charge < -0.3 is 4.98 Å². The van der Waals surface area contributed by atoms with Crippen LogP contribution in [0.5, 0.6) is 0 Å². The van der Waals surface area contributed by atoms with E-state index in [0.717, 1.165) is 27.3 Å². The Kier molecular flexibility index (Phi) is 2.69. The molecule has 0 fully saturated rings. The van der Waals surface area contributed by atoms with Gasteiger partial charge in [0.2, 0.25) is 0 Å². The average molecular weight is 276 g/mol. The molecule has 0 saturated heterocycles. The summed E-state index contributed by atoms with van der Waals surface area (Å²) >= 11 is 11.5. The largest absolute Gasteiger partial charge is 0.329 e. The van der Waals surface area contributed by atoms with E-state index in [0.29, 0.717) is 4.77 Å². The molecule has 0 radical (unpaired) electrons. The molecule has 0 spiro atoms. The van der Waals surface area contributed by atoms with Crippen molar-refractivity contribution in [3.05, 3.63) is 52.0 Å². The fraction of sp³-hybridized carbons (Fsp3) is 0.0769. The van der Waals surface area contributed by atoms with Crippen LogP contribution in [0, 0.1) is 11.7 Å². The van der Waals surface area contributed by atoms with Crippen LogP contribution in [-0.2, 0) is 0 Å². The molecule has 5 heteroatoms. The molecule has 18 heavy (non-hydrogen) atoms. The van der Waals surface area contributed by atoms with Crippen molar-refractivity contribution in [3.63, 3.8) is 0 Å². The fourth-order valence-corrected chi connectivity index (χ4v) is 2.42. The number of aromatic amines is 1. The number of fused-ring (bicyclic) bond motifs is 1. The van der Waals surface area contributed by atoms with E-state index in [1.165, 1.54) is 0 Å². The Morgan fingerprint density at radius 3 is 2.94 bits per heavy atom. The lowest BCUT2D eigenvalue weighted by Crippen LogP contribution is -1.94. The maximum atomic E-state index is 6.16. The van der Waals surface area contributed by atoms with Crippen LogP contribution in [0.1, 0.15) is 5.56 Å². The van der Waals surface area contributed by atoms with Crippen LogP contribution in [0.2, 0.25) is 5.02 Å². The number of hydrogen-bond acceptors (Lipinski definition) is 2. The molecular weight excluding hydrogens is 266 g/mol. The van der Waals surface area contributed by atoms with E-state index in [4.69, 9.17) is 23.8 Å². The molecule has 0 amide bonds. The standard InChI is InChI=1S/C13H10ClN3S/c1-8-2-3-9(6-10(8)14)17-12-4-5-15-7-11(12)16-13(17)18/h2-7H,1H3,(H,16,18). The molecule has 0 atom stereocenters.